The molecule has 0 aliphatic carbocycles. The number of aliphatic hydroxyl groups excluding tert-OH is 1. The molecular weight excluding hydrogens is 240 g/mol. The van der Waals surface area contributed by atoms with Crippen molar-refractivity contribution in [1.29, 1.82) is 0 Å². The number of rotatable bonds is 13. The zero-order valence-corrected chi connectivity index (χ0v) is 12.3. The lowest BCUT2D eigenvalue weighted by Gasteiger charge is -2.01. The molecule has 0 amide bonds. The highest BCUT2D eigenvalue weighted by Gasteiger charge is 2.09. The van der Waals surface area contributed by atoms with Gasteiger partial charge in [0.05, 0.1) is 0 Å². The Balaban J connectivity index is 3.18. The van der Waals surface area contributed by atoms with E-state index < -0.39 is 12.1 Å². The van der Waals surface area contributed by atoms with E-state index in [-0.39, 0.29) is 6.42 Å². The number of allylic oxidation sites excluding steroid dienone is 1. The summed E-state index contributed by atoms with van der Waals surface area (Å²) < 4.78 is 0. The molecule has 1 atom stereocenters. The van der Waals surface area contributed by atoms with Gasteiger partial charge in [-0.2, -0.15) is 0 Å². The van der Waals surface area contributed by atoms with Crippen molar-refractivity contribution in [2.45, 2.75) is 83.7 Å². The van der Waals surface area contributed by atoms with Crippen LogP contribution in [0.25, 0.3) is 0 Å². The summed E-state index contributed by atoms with van der Waals surface area (Å²) in [4.78, 5) is 10.3. The zero-order valence-electron chi connectivity index (χ0n) is 12.3. The average molecular weight is 270 g/mol. The normalized spacial score (nSPS) is 12.9. The maximum Gasteiger partial charge on any atom is 0.332 e. The maximum absolute atomic E-state index is 10.3. The van der Waals surface area contributed by atoms with Crippen molar-refractivity contribution < 1.29 is 15.0 Å². The largest absolute Gasteiger partial charge is 0.479 e. The van der Waals surface area contributed by atoms with Crippen molar-refractivity contribution >= 4 is 5.97 Å². The molecule has 0 fully saturated rings. The van der Waals surface area contributed by atoms with Gasteiger partial charge in [-0.25, -0.2) is 4.79 Å². The standard InChI is InChI=1S/C16H30O3/c1-2-3-4-5-6-7-8-9-10-11-12-13-14-15(17)16(18)19/h12-13,15,17H,2-11,14H2,1H3,(H,18,19)/b13-12-/t15-/m1/s1. The van der Waals surface area contributed by atoms with E-state index in [1.165, 1.54) is 51.4 Å². The van der Waals surface area contributed by atoms with Crippen LogP contribution in [0.2, 0.25) is 0 Å². The van der Waals surface area contributed by atoms with Crippen LogP contribution in [-0.2, 0) is 4.79 Å². The zero-order chi connectivity index (χ0) is 14.3. The van der Waals surface area contributed by atoms with Gasteiger partial charge in [0.1, 0.15) is 0 Å². The SMILES string of the molecule is CCCCCCCCCCC/C=C\C[C@@H](O)C(=O)O. The second-order valence-corrected chi connectivity index (χ2v) is 5.18. The minimum Gasteiger partial charge on any atom is -0.479 e. The van der Waals surface area contributed by atoms with Crippen molar-refractivity contribution in [3.63, 3.8) is 0 Å². The van der Waals surface area contributed by atoms with Crippen LogP contribution in [0.5, 0.6) is 0 Å². The Labute approximate surface area is 117 Å². The van der Waals surface area contributed by atoms with Gasteiger partial charge in [-0.15, -0.1) is 0 Å². The highest BCUT2D eigenvalue weighted by atomic mass is 16.4. The molecule has 0 rings (SSSR count). The predicted octanol–water partition coefficient (Wildman–Crippen LogP) is 4.30. The first kappa shape index (κ1) is 18.2. The maximum atomic E-state index is 10.3. The Bertz CT molecular complexity index is 236. The third-order valence-electron chi connectivity index (χ3n) is 3.29. The summed E-state index contributed by atoms with van der Waals surface area (Å²) in [7, 11) is 0. The number of carbonyl (C=O) groups is 1. The van der Waals surface area contributed by atoms with Crippen molar-refractivity contribution in [2.24, 2.45) is 0 Å². The van der Waals surface area contributed by atoms with Crippen LogP contribution in [0.3, 0.4) is 0 Å². The highest BCUT2D eigenvalue weighted by Crippen LogP contribution is 2.10. The fourth-order valence-electron chi connectivity index (χ4n) is 2.02. The van der Waals surface area contributed by atoms with E-state index in [1.807, 2.05) is 6.08 Å². The first-order valence-electron chi connectivity index (χ1n) is 7.74. The van der Waals surface area contributed by atoms with Crippen molar-refractivity contribution in [2.75, 3.05) is 0 Å². The van der Waals surface area contributed by atoms with Crippen LogP contribution in [0, 0.1) is 0 Å². The predicted molar refractivity (Wildman–Crippen MR) is 79.2 cm³/mol. The van der Waals surface area contributed by atoms with Crippen molar-refractivity contribution in [3.8, 4) is 0 Å². The van der Waals surface area contributed by atoms with Gasteiger partial charge in [0.15, 0.2) is 6.10 Å². The lowest BCUT2D eigenvalue weighted by Crippen LogP contribution is -2.17. The summed E-state index contributed by atoms with van der Waals surface area (Å²) in [6, 6.07) is 0. The molecule has 0 aliphatic rings. The number of carboxylic acid groups (broad SMARTS) is 1. The lowest BCUT2D eigenvalue weighted by molar-refractivity contribution is -0.146. The van der Waals surface area contributed by atoms with Gasteiger partial charge in [-0.05, 0) is 12.8 Å². The number of unbranched alkanes of at least 4 members (excludes halogenated alkanes) is 9. The molecule has 3 heteroatoms. The Hall–Kier alpha value is -0.830. The fraction of sp³-hybridized carbons (Fsp3) is 0.812. The second kappa shape index (κ2) is 13.6. The van der Waals surface area contributed by atoms with E-state index in [1.54, 1.807) is 6.08 Å². The Morgan fingerprint density at radius 2 is 1.47 bits per heavy atom. The van der Waals surface area contributed by atoms with E-state index in [4.69, 9.17) is 10.2 Å². The molecule has 0 aromatic carbocycles. The minimum atomic E-state index is -1.25. The van der Waals surface area contributed by atoms with Crippen LogP contribution in [0.4, 0.5) is 0 Å². The summed E-state index contributed by atoms with van der Waals surface area (Å²) in [5.74, 6) is -1.15. The molecule has 0 aromatic rings. The molecule has 0 radical (unpaired) electrons. The van der Waals surface area contributed by atoms with E-state index >= 15 is 0 Å². The van der Waals surface area contributed by atoms with Crippen LogP contribution >= 0.6 is 0 Å². The lowest BCUT2D eigenvalue weighted by atomic mass is 10.1. The first-order chi connectivity index (χ1) is 9.18. The molecule has 0 heterocycles. The molecule has 0 unspecified atom stereocenters. The average Bonchev–Trinajstić information content (AvgIpc) is 2.39. The molecule has 2 N–H and O–H groups in total. The number of carboxylic acids is 1. The summed E-state index contributed by atoms with van der Waals surface area (Å²) >= 11 is 0. The van der Waals surface area contributed by atoms with Crippen LogP contribution < -0.4 is 0 Å². The summed E-state index contributed by atoms with van der Waals surface area (Å²) in [6.07, 6.45) is 15.5. The van der Waals surface area contributed by atoms with Gasteiger partial charge in [-0.3, -0.25) is 0 Å². The van der Waals surface area contributed by atoms with E-state index in [9.17, 15) is 4.79 Å². The Morgan fingerprint density at radius 1 is 0.947 bits per heavy atom. The number of aliphatic carboxylic acids is 1. The molecule has 0 bridgehead atoms. The molecule has 0 spiro atoms. The monoisotopic (exact) mass is 270 g/mol. The van der Waals surface area contributed by atoms with E-state index in [0.717, 1.165) is 12.8 Å². The molecule has 3 nitrogen and oxygen atoms in total. The third-order valence-corrected chi connectivity index (χ3v) is 3.29. The van der Waals surface area contributed by atoms with Crippen LogP contribution in [-0.4, -0.2) is 22.3 Å². The van der Waals surface area contributed by atoms with Gasteiger partial charge in [-0.1, -0.05) is 70.4 Å². The third kappa shape index (κ3) is 13.4. The molecule has 0 saturated heterocycles. The van der Waals surface area contributed by atoms with Crippen LogP contribution in [0.15, 0.2) is 12.2 Å². The van der Waals surface area contributed by atoms with Crippen LogP contribution in [0.1, 0.15) is 77.6 Å². The first-order valence-corrected chi connectivity index (χ1v) is 7.74. The molecule has 19 heavy (non-hydrogen) atoms. The number of hydrogen-bond acceptors (Lipinski definition) is 2. The second-order valence-electron chi connectivity index (χ2n) is 5.18. The van der Waals surface area contributed by atoms with Crippen molar-refractivity contribution in [3.05, 3.63) is 12.2 Å². The molecule has 0 aromatic heterocycles. The van der Waals surface area contributed by atoms with Crippen molar-refractivity contribution in [1.82, 2.24) is 0 Å². The fourth-order valence-corrected chi connectivity index (χ4v) is 2.02. The van der Waals surface area contributed by atoms with Gasteiger partial charge in [0.25, 0.3) is 0 Å². The molecule has 0 aliphatic heterocycles. The van der Waals surface area contributed by atoms with Gasteiger partial charge >= 0.3 is 5.97 Å². The quantitative estimate of drug-likeness (QED) is 0.387. The highest BCUT2D eigenvalue weighted by molar-refractivity contribution is 5.72. The summed E-state index contributed by atoms with van der Waals surface area (Å²) in [5.41, 5.74) is 0. The topological polar surface area (TPSA) is 57.5 Å². The molecular formula is C16H30O3. The van der Waals surface area contributed by atoms with Gasteiger partial charge in [0, 0.05) is 6.42 Å². The number of aliphatic hydroxyl groups is 1. The smallest absolute Gasteiger partial charge is 0.332 e. The minimum absolute atomic E-state index is 0.215. The molecule has 0 saturated carbocycles. The van der Waals surface area contributed by atoms with Gasteiger partial charge in [0.2, 0.25) is 0 Å². The number of hydrogen-bond donors (Lipinski definition) is 2. The van der Waals surface area contributed by atoms with E-state index in [2.05, 4.69) is 6.92 Å². The summed E-state index contributed by atoms with van der Waals surface area (Å²) in [6.45, 7) is 2.24. The summed E-state index contributed by atoms with van der Waals surface area (Å²) in [5, 5.41) is 17.5. The Kier molecular flexibility index (Phi) is 13.0. The van der Waals surface area contributed by atoms with E-state index in [0.29, 0.717) is 0 Å². The van der Waals surface area contributed by atoms with Gasteiger partial charge < -0.3 is 10.2 Å². The molecule has 112 valence electrons. The Morgan fingerprint density at radius 3 is 2.00 bits per heavy atom.